The Kier molecular flexibility index (Phi) is 7.64. The summed E-state index contributed by atoms with van der Waals surface area (Å²) in [5.74, 6) is -1.84. The molecular formula is C26H32F4N4O3. The van der Waals surface area contributed by atoms with Crippen molar-refractivity contribution in [1.29, 1.82) is 0 Å². The van der Waals surface area contributed by atoms with Gasteiger partial charge in [0.1, 0.15) is 5.82 Å². The maximum atomic E-state index is 13.7. The van der Waals surface area contributed by atoms with E-state index in [1.165, 1.54) is 25.0 Å². The highest BCUT2D eigenvalue weighted by molar-refractivity contribution is 5.87. The van der Waals surface area contributed by atoms with Crippen LogP contribution in [0.2, 0.25) is 0 Å². The number of hydrogen-bond acceptors (Lipinski definition) is 4. The van der Waals surface area contributed by atoms with Crippen molar-refractivity contribution in [2.75, 3.05) is 26.2 Å². The number of halogens is 4. The van der Waals surface area contributed by atoms with E-state index in [2.05, 4.69) is 34.4 Å². The van der Waals surface area contributed by atoms with Gasteiger partial charge in [0, 0.05) is 50.9 Å². The van der Waals surface area contributed by atoms with Crippen molar-refractivity contribution < 1.29 is 32.3 Å². The van der Waals surface area contributed by atoms with E-state index in [1.807, 2.05) is 18.5 Å². The van der Waals surface area contributed by atoms with Crippen molar-refractivity contribution in [1.82, 2.24) is 19.4 Å². The lowest BCUT2D eigenvalue weighted by atomic mass is 9.75. The van der Waals surface area contributed by atoms with Crippen LogP contribution in [0, 0.1) is 17.2 Å². The minimum Gasteiger partial charge on any atom is -0.475 e. The number of aliphatic carboxylic acids is 1. The summed E-state index contributed by atoms with van der Waals surface area (Å²) in [5.41, 5.74) is 1.73. The number of nitrogens with zero attached hydrogens (tertiary/aromatic N) is 4. The molecule has 1 amide bonds. The van der Waals surface area contributed by atoms with Crippen LogP contribution in [0.3, 0.4) is 0 Å². The van der Waals surface area contributed by atoms with Crippen molar-refractivity contribution in [3.63, 3.8) is 0 Å². The zero-order valence-electron chi connectivity index (χ0n) is 20.9. The third-order valence-corrected chi connectivity index (χ3v) is 7.47. The fraction of sp³-hybridized carbons (Fsp3) is 0.577. The molecule has 11 heteroatoms. The number of carbonyl (C=O) groups is 2. The van der Waals surface area contributed by atoms with E-state index >= 15 is 0 Å². The molecule has 37 heavy (non-hydrogen) atoms. The maximum Gasteiger partial charge on any atom is 0.490 e. The van der Waals surface area contributed by atoms with Crippen molar-refractivity contribution in [3.05, 3.63) is 53.9 Å². The van der Waals surface area contributed by atoms with Crippen LogP contribution in [-0.4, -0.2) is 68.7 Å². The molecule has 1 spiro atoms. The maximum absolute atomic E-state index is 13.7. The first-order chi connectivity index (χ1) is 17.4. The number of likely N-dealkylation sites (tertiary alicyclic amines) is 2. The molecule has 2 aliphatic heterocycles. The van der Waals surface area contributed by atoms with E-state index in [9.17, 15) is 22.4 Å². The molecule has 0 radical (unpaired) electrons. The van der Waals surface area contributed by atoms with Gasteiger partial charge in [0.2, 0.25) is 5.91 Å². The van der Waals surface area contributed by atoms with E-state index in [0.717, 1.165) is 50.4 Å². The van der Waals surface area contributed by atoms with Crippen LogP contribution in [0.4, 0.5) is 17.6 Å². The molecule has 2 atom stereocenters. The number of alkyl halides is 3. The third-order valence-electron chi connectivity index (χ3n) is 7.47. The zero-order valence-corrected chi connectivity index (χ0v) is 20.9. The number of carbonyl (C=O) groups excluding carboxylic acids is 1. The molecule has 0 bridgehead atoms. The van der Waals surface area contributed by atoms with Crippen LogP contribution in [-0.2, 0) is 16.1 Å². The van der Waals surface area contributed by atoms with Crippen molar-refractivity contribution in [2.24, 2.45) is 11.3 Å². The molecular weight excluding hydrogens is 492 g/mol. The Morgan fingerprint density at radius 3 is 2.41 bits per heavy atom. The molecule has 5 rings (SSSR count). The second-order valence-corrected chi connectivity index (χ2v) is 10.6. The summed E-state index contributed by atoms with van der Waals surface area (Å²) in [6.07, 6.45) is 2.37. The Hall–Kier alpha value is -2.95. The van der Waals surface area contributed by atoms with Crippen LogP contribution in [0.15, 0.2) is 36.8 Å². The summed E-state index contributed by atoms with van der Waals surface area (Å²) in [7, 11) is 0. The fourth-order valence-electron chi connectivity index (χ4n) is 5.28. The van der Waals surface area contributed by atoms with E-state index in [0.29, 0.717) is 17.9 Å². The van der Waals surface area contributed by atoms with Gasteiger partial charge in [-0.3, -0.25) is 9.69 Å². The van der Waals surface area contributed by atoms with Gasteiger partial charge in [-0.1, -0.05) is 12.1 Å². The lowest BCUT2D eigenvalue weighted by Crippen LogP contribution is -2.40. The normalized spacial score (nSPS) is 24.1. The molecule has 1 aromatic carbocycles. The Balaban J connectivity index is 0.000000405. The van der Waals surface area contributed by atoms with Gasteiger partial charge < -0.3 is 14.6 Å². The number of carboxylic acids is 1. The van der Waals surface area contributed by atoms with Gasteiger partial charge in [-0.15, -0.1) is 0 Å². The summed E-state index contributed by atoms with van der Waals surface area (Å²) in [6, 6.07) is 7.07. The van der Waals surface area contributed by atoms with Crippen molar-refractivity contribution >= 4 is 11.9 Å². The van der Waals surface area contributed by atoms with Crippen LogP contribution >= 0.6 is 0 Å². The molecule has 3 heterocycles. The van der Waals surface area contributed by atoms with E-state index in [4.69, 9.17) is 14.9 Å². The molecule has 3 fully saturated rings. The summed E-state index contributed by atoms with van der Waals surface area (Å²) in [4.78, 5) is 31.8. The molecule has 7 nitrogen and oxygen atoms in total. The first-order valence-corrected chi connectivity index (χ1v) is 12.5. The number of amides is 1. The predicted molar refractivity (Wildman–Crippen MR) is 127 cm³/mol. The number of rotatable bonds is 6. The second-order valence-electron chi connectivity index (χ2n) is 10.6. The van der Waals surface area contributed by atoms with E-state index in [-0.39, 0.29) is 17.2 Å². The molecule has 202 valence electrons. The van der Waals surface area contributed by atoms with Crippen LogP contribution < -0.4 is 0 Å². The fourth-order valence-corrected chi connectivity index (χ4v) is 5.28. The third kappa shape index (κ3) is 6.14. The minimum atomic E-state index is -5.08. The standard InChI is InChI=1S/C24H31FN4O.C2HF3O2/c1-17(2)29-14-22(26-16-29)21-13-27(11-18-5-7-20(25)8-6-18)15-24(21)9-10-28(23(24)30)12-19-3-4-19;3-2(4,5)1(6)7/h5-8,14,16-17,19,21H,3-4,9-13,15H2,1-2H3;(H,6,7). The SMILES string of the molecule is CC(C)n1cnc(C2CN(Cc3ccc(F)cc3)CC23CCN(CC2CC2)C3=O)c1.O=C(O)C(F)(F)F. The van der Waals surface area contributed by atoms with Gasteiger partial charge in [-0.25, -0.2) is 14.2 Å². The Morgan fingerprint density at radius 1 is 1.22 bits per heavy atom. The minimum absolute atomic E-state index is 0.106. The molecule has 2 unspecified atom stereocenters. The number of carboxylic acid groups (broad SMARTS) is 1. The number of aromatic nitrogens is 2. The molecule has 1 N–H and O–H groups in total. The molecule has 2 aromatic rings. The van der Waals surface area contributed by atoms with E-state index in [1.54, 1.807) is 0 Å². The summed E-state index contributed by atoms with van der Waals surface area (Å²) >= 11 is 0. The molecule has 1 saturated carbocycles. The van der Waals surface area contributed by atoms with Crippen molar-refractivity contribution in [3.8, 4) is 0 Å². The molecule has 3 aliphatic rings. The van der Waals surface area contributed by atoms with Crippen molar-refractivity contribution in [2.45, 2.75) is 57.8 Å². The quantitative estimate of drug-likeness (QED) is 0.565. The van der Waals surface area contributed by atoms with Crippen LogP contribution in [0.1, 0.15) is 56.3 Å². The van der Waals surface area contributed by atoms with Gasteiger partial charge in [0.05, 0.1) is 17.4 Å². The number of hydrogen-bond donors (Lipinski definition) is 1. The highest BCUT2D eigenvalue weighted by Crippen LogP contribution is 2.50. The van der Waals surface area contributed by atoms with Gasteiger partial charge >= 0.3 is 12.1 Å². The van der Waals surface area contributed by atoms with Gasteiger partial charge in [-0.05, 0) is 56.7 Å². The van der Waals surface area contributed by atoms with E-state index < -0.39 is 12.1 Å². The number of benzene rings is 1. The highest BCUT2D eigenvalue weighted by atomic mass is 19.4. The van der Waals surface area contributed by atoms with Gasteiger partial charge in [-0.2, -0.15) is 13.2 Å². The van der Waals surface area contributed by atoms with Gasteiger partial charge in [0.15, 0.2) is 0 Å². The Labute approximate surface area is 213 Å². The topological polar surface area (TPSA) is 78.7 Å². The largest absolute Gasteiger partial charge is 0.490 e. The first-order valence-electron chi connectivity index (χ1n) is 12.5. The van der Waals surface area contributed by atoms with Crippen LogP contribution in [0.25, 0.3) is 0 Å². The van der Waals surface area contributed by atoms with Crippen LogP contribution in [0.5, 0.6) is 0 Å². The summed E-state index contributed by atoms with van der Waals surface area (Å²) < 4.78 is 47.2. The average Bonchev–Trinajstić information content (AvgIpc) is 3.24. The highest BCUT2D eigenvalue weighted by Gasteiger charge is 2.58. The lowest BCUT2D eigenvalue weighted by molar-refractivity contribution is -0.192. The Bertz CT molecular complexity index is 1110. The monoisotopic (exact) mass is 524 g/mol. The predicted octanol–water partition coefficient (Wildman–Crippen LogP) is 4.46. The molecule has 2 saturated heterocycles. The lowest BCUT2D eigenvalue weighted by Gasteiger charge is -2.28. The molecule has 1 aromatic heterocycles. The second kappa shape index (κ2) is 10.4. The summed E-state index contributed by atoms with van der Waals surface area (Å²) in [6.45, 7) is 8.38. The van der Waals surface area contributed by atoms with Gasteiger partial charge in [0.25, 0.3) is 0 Å². The average molecular weight is 525 g/mol. The zero-order chi connectivity index (χ0) is 27.0. The number of imidazole rings is 1. The Morgan fingerprint density at radius 2 is 1.86 bits per heavy atom. The smallest absolute Gasteiger partial charge is 0.475 e. The molecule has 1 aliphatic carbocycles. The summed E-state index contributed by atoms with van der Waals surface area (Å²) in [5, 5.41) is 7.12. The first kappa shape index (κ1) is 27.1.